The third-order valence-corrected chi connectivity index (χ3v) is 4.36. The summed E-state index contributed by atoms with van der Waals surface area (Å²) in [6.45, 7) is 0. The molecule has 0 bridgehead atoms. The van der Waals surface area contributed by atoms with E-state index in [-0.39, 0.29) is 0 Å². The van der Waals surface area contributed by atoms with Gasteiger partial charge >= 0.3 is 0 Å². The predicted octanol–water partition coefficient (Wildman–Crippen LogP) is 3.14. The molecule has 1 aliphatic rings. The minimum Gasteiger partial charge on any atom is -0.497 e. The molecular weight excluding hydrogens is 262 g/mol. The molecule has 0 saturated carbocycles. The van der Waals surface area contributed by atoms with Crippen LogP contribution in [0, 0.1) is 11.3 Å². The van der Waals surface area contributed by atoms with E-state index in [0.717, 1.165) is 17.5 Å². The van der Waals surface area contributed by atoms with E-state index in [4.69, 9.17) is 4.74 Å². The van der Waals surface area contributed by atoms with Gasteiger partial charge in [0.1, 0.15) is 17.3 Å². The first kappa shape index (κ1) is 13.7. The molecule has 3 nitrogen and oxygen atoms in total. The van der Waals surface area contributed by atoms with E-state index in [1.54, 1.807) is 13.2 Å². The van der Waals surface area contributed by atoms with Gasteiger partial charge in [-0.15, -0.1) is 0 Å². The Morgan fingerprint density at radius 3 is 2.81 bits per heavy atom. The molecule has 21 heavy (non-hydrogen) atoms. The molecule has 1 N–H and O–H groups in total. The molecule has 0 fully saturated rings. The number of ether oxygens (including phenoxy) is 1. The van der Waals surface area contributed by atoms with Crippen molar-refractivity contribution in [2.45, 2.75) is 24.4 Å². The SMILES string of the molecule is COc1cccc(C(O)C2(C#N)CCc3ccccc32)c1. The number of rotatable bonds is 3. The third kappa shape index (κ3) is 2.09. The Balaban J connectivity index is 2.07. The average molecular weight is 279 g/mol. The van der Waals surface area contributed by atoms with Gasteiger partial charge in [-0.2, -0.15) is 5.26 Å². The summed E-state index contributed by atoms with van der Waals surface area (Å²) < 4.78 is 5.21. The Labute approximate surface area is 124 Å². The van der Waals surface area contributed by atoms with Crippen molar-refractivity contribution in [1.29, 1.82) is 5.26 Å². The van der Waals surface area contributed by atoms with E-state index in [0.29, 0.717) is 17.7 Å². The quantitative estimate of drug-likeness (QED) is 0.939. The van der Waals surface area contributed by atoms with Crippen LogP contribution in [0.25, 0.3) is 0 Å². The second kappa shape index (κ2) is 5.23. The van der Waals surface area contributed by atoms with Gasteiger partial charge in [-0.1, -0.05) is 36.4 Å². The van der Waals surface area contributed by atoms with Crippen molar-refractivity contribution in [3.63, 3.8) is 0 Å². The second-order valence-electron chi connectivity index (χ2n) is 5.42. The van der Waals surface area contributed by atoms with Crippen LogP contribution in [0.4, 0.5) is 0 Å². The molecule has 2 unspecified atom stereocenters. The minimum atomic E-state index is -0.872. The smallest absolute Gasteiger partial charge is 0.119 e. The highest BCUT2D eigenvalue weighted by Gasteiger charge is 2.45. The molecule has 3 heteroatoms. The molecule has 0 amide bonds. The molecule has 0 saturated heterocycles. The van der Waals surface area contributed by atoms with E-state index in [1.165, 1.54) is 0 Å². The molecule has 2 aromatic rings. The molecule has 1 aliphatic carbocycles. The lowest BCUT2D eigenvalue weighted by Gasteiger charge is -2.29. The van der Waals surface area contributed by atoms with Crippen LogP contribution in [-0.4, -0.2) is 12.2 Å². The van der Waals surface area contributed by atoms with Crippen LogP contribution in [0.5, 0.6) is 5.75 Å². The lowest BCUT2D eigenvalue weighted by atomic mass is 9.75. The van der Waals surface area contributed by atoms with E-state index in [1.807, 2.05) is 42.5 Å². The summed E-state index contributed by atoms with van der Waals surface area (Å²) in [7, 11) is 1.59. The van der Waals surface area contributed by atoms with E-state index in [9.17, 15) is 10.4 Å². The van der Waals surface area contributed by atoms with Crippen molar-refractivity contribution in [2.75, 3.05) is 7.11 Å². The van der Waals surface area contributed by atoms with Crippen LogP contribution in [0.2, 0.25) is 0 Å². The zero-order valence-corrected chi connectivity index (χ0v) is 11.9. The molecule has 2 aromatic carbocycles. The van der Waals surface area contributed by atoms with Crippen LogP contribution in [0.15, 0.2) is 48.5 Å². The number of benzene rings is 2. The average Bonchev–Trinajstić information content (AvgIpc) is 2.94. The summed E-state index contributed by atoms with van der Waals surface area (Å²) in [5.74, 6) is 0.686. The lowest BCUT2D eigenvalue weighted by Crippen LogP contribution is -2.29. The fraction of sp³-hybridized carbons (Fsp3) is 0.278. The Morgan fingerprint density at radius 1 is 1.24 bits per heavy atom. The molecule has 106 valence electrons. The van der Waals surface area contributed by atoms with Crippen LogP contribution in [0.3, 0.4) is 0 Å². The number of nitrogens with zero attached hydrogens (tertiary/aromatic N) is 1. The van der Waals surface area contributed by atoms with Gasteiger partial charge in [0, 0.05) is 0 Å². The second-order valence-corrected chi connectivity index (χ2v) is 5.42. The summed E-state index contributed by atoms with van der Waals surface area (Å²) in [5, 5.41) is 20.6. The highest BCUT2D eigenvalue weighted by atomic mass is 16.5. The van der Waals surface area contributed by atoms with Gasteiger partial charge in [-0.05, 0) is 41.7 Å². The number of nitriles is 1. The van der Waals surface area contributed by atoms with E-state index < -0.39 is 11.5 Å². The fourth-order valence-corrected chi connectivity index (χ4v) is 3.20. The number of fused-ring (bicyclic) bond motifs is 1. The van der Waals surface area contributed by atoms with Crippen molar-refractivity contribution < 1.29 is 9.84 Å². The van der Waals surface area contributed by atoms with Gasteiger partial charge < -0.3 is 9.84 Å². The van der Waals surface area contributed by atoms with Crippen LogP contribution >= 0.6 is 0 Å². The molecule has 0 radical (unpaired) electrons. The summed E-state index contributed by atoms with van der Waals surface area (Å²) >= 11 is 0. The first-order valence-corrected chi connectivity index (χ1v) is 7.03. The van der Waals surface area contributed by atoms with Crippen molar-refractivity contribution in [3.8, 4) is 11.8 Å². The van der Waals surface area contributed by atoms with Crippen molar-refractivity contribution >= 4 is 0 Å². The maximum atomic E-state index is 10.9. The summed E-state index contributed by atoms with van der Waals surface area (Å²) in [6.07, 6.45) is 0.604. The normalized spacial score (nSPS) is 21.4. The standard InChI is InChI=1S/C18H17NO2/c1-21-15-7-4-6-14(11-15)17(20)18(12-19)10-9-13-5-2-3-8-16(13)18/h2-8,11,17,20H,9-10H2,1H3. The molecular formula is C18H17NO2. The monoisotopic (exact) mass is 279 g/mol. The number of aryl methyl sites for hydroxylation is 1. The highest BCUT2D eigenvalue weighted by Crippen LogP contribution is 2.47. The van der Waals surface area contributed by atoms with Crippen LogP contribution < -0.4 is 4.74 Å². The Bertz CT molecular complexity index is 704. The zero-order valence-electron chi connectivity index (χ0n) is 11.9. The van der Waals surface area contributed by atoms with Crippen molar-refractivity contribution in [1.82, 2.24) is 0 Å². The number of hydrogen-bond acceptors (Lipinski definition) is 3. The molecule has 0 aromatic heterocycles. The topological polar surface area (TPSA) is 53.2 Å². The molecule has 2 atom stereocenters. The van der Waals surface area contributed by atoms with Gasteiger partial charge in [0.15, 0.2) is 0 Å². The van der Waals surface area contributed by atoms with Gasteiger partial charge in [0.2, 0.25) is 0 Å². The Kier molecular flexibility index (Phi) is 3.40. The van der Waals surface area contributed by atoms with Crippen molar-refractivity contribution in [3.05, 3.63) is 65.2 Å². The fourth-order valence-electron chi connectivity index (χ4n) is 3.20. The van der Waals surface area contributed by atoms with Gasteiger partial charge in [-0.25, -0.2) is 0 Å². The van der Waals surface area contributed by atoms with Crippen LogP contribution in [-0.2, 0) is 11.8 Å². The molecule has 0 aliphatic heterocycles. The van der Waals surface area contributed by atoms with Gasteiger partial charge in [-0.3, -0.25) is 0 Å². The predicted molar refractivity (Wildman–Crippen MR) is 80.0 cm³/mol. The maximum Gasteiger partial charge on any atom is 0.119 e. The zero-order chi connectivity index (χ0) is 14.9. The number of aliphatic hydroxyl groups is 1. The number of aliphatic hydroxyl groups excluding tert-OH is 1. The summed E-state index contributed by atoms with van der Waals surface area (Å²) in [5.41, 5.74) is 1.94. The largest absolute Gasteiger partial charge is 0.497 e. The lowest BCUT2D eigenvalue weighted by molar-refractivity contribution is 0.110. The first-order valence-electron chi connectivity index (χ1n) is 7.03. The maximum absolute atomic E-state index is 10.9. The van der Waals surface area contributed by atoms with Gasteiger partial charge in [0.25, 0.3) is 0 Å². The summed E-state index contributed by atoms with van der Waals surface area (Å²) in [4.78, 5) is 0. The number of hydrogen-bond donors (Lipinski definition) is 1. The number of methoxy groups -OCH3 is 1. The molecule has 0 heterocycles. The summed E-state index contributed by atoms with van der Waals surface area (Å²) in [6, 6.07) is 17.6. The van der Waals surface area contributed by atoms with Gasteiger partial charge in [0.05, 0.1) is 13.2 Å². The van der Waals surface area contributed by atoms with Crippen LogP contribution in [0.1, 0.15) is 29.2 Å². The first-order chi connectivity index (χ1) is 10.2. The molecule has 3 rings (SSSR count). The van der Waals surface area contributed by atoms with E-state index in [2.05, 4.69) is 6.07 Å². The third-order valence-electron chi connectivity index (χ3n) is 4.36. The highest BCUT2D eigenvalue weighted by molar-refractivity contribution is 5.48. The van der Waals surface area contributed by atoms with E-state index >= 15 is 0 Å². The Morgan fingerprint density at radius 2 is 2.05 bits per heavy atom. The van der Waals surface area contributed by atoms with Crippen molar-refractivity contribution in [2.24, 2.45) is 0 Å². The molecule has 0 spiro atoms. The Hall–Kier alpha value is -2.31. The minimum absolute atomic E-state index is 0.640.